The van der Waals surface area contributed by atoms with E-state index in [4.69, 9.17) is 0 Å². The highest BCUT2D eigenvalue weighted by molar-refractivity contribution is 6.02. The van der Waals surface area contributed by atoms with E-state index in [9.17, 15) is 27.9 Å². The van der Waals surface area contributed by atoms with Crippen molar-refractivity contribution in [2.45, 2.75) is 26.3 Å². The molecule has 0 atom stereocenters. The SMILES string of the molecule is Cc1cc(C(=O)O)c(Cc2ccc(OC(F)(F)F)cc2)c2c1C(=O)NC2. The average Bonchev–Trinajstić information content (AvgIpc) is 2.92. The monoisotopic (exact) mass is 365 g/mol. The van der Waals surface area contributed by atoms with Gasteiger partial charge in [-0.2, -0.15) is 0 Å². The van der Waals surface area contributed by atoms with Gasteiger partial charge in [0.2, 0.25) is 0 Å². The molecule has 8 heteroatoms. The summed E-state index contributed by atoms with van der Waals surface area (Å²) in [6.45, 7) is 1.89. The summed E-state index contributed by atoms with van der Waals surface area (Å²) in [6, 6.07) is 6.65. The van der Waals surface area contributed by atoms with Gasteiger partial charge in [0.1, 0.15) is 5.75 Å². The molecule has 136 valence electrons. The van der Waals surface area contributed by atoms with Gasteiger partial charge in [-0.15, -0.1) is 13.2 Å². The second-order valence-corrected chi connectivity index (χ2v) is 5.93. The van der Waals surface area contributed by atoms with Crippen molar-refractivity contribution in [1.82, 2.24) is 5.32 Å². The third-order valence-corrected chi connectivity index (χ3v) is 4.17. The van der Waals surface area contributed by atoms with Crippen LogP contribution < -0.4 is 10.1 Å². The van der Waals surface area contributed by atoms with E-state index in [-0.39, 0.29) is 30.2 Å². The van der Waals surface area contributed by atoms with Gasteiger partial charge in [0.25, 0.3) is 5.91 Å². The van der Waals surface area contributed by atoms with Crippen LogP contribution in [0, 0.1) is 6.92 Å². The molecule has 0 saturated carbocycles. The molecule has 0 aromatic heterocycles. The molecule has 2 N–H and O–H groups in total. The Labute approximate surface area is 146 Å². The normalized spacial score (nSPS) is 13.3. The summed E-state index contributed by atoms with van der Waals surface area (Å²) >= 11 is 0. The quantitative estimate of drug-likeness (QED) is 0.871. The summed E-state index contributed by atoms with van der Waals surface area (Å²) in [5.74, 6) is -1.74. The highest BCUT2D eigenvalue weighted by Crippen LogP contribution is 2.30. The molecule has 0 unspecified atom stereocenters. The molecular formula is C18H14F3NO4. The second kappa shape index (κ2) is 6.36. The zero-order chi connectivity index (χ0) is 19.1. The summed E-state index contributed by atoms with van der Waals surface area (Å²) in [6.07, 6.45) is -4.60. The second-order valence-electron chi connectivity index (χ2n) is 5.93. The number of aromatic carboxylic acids is 1. The predicted molar refractivity (Wildman–Crippen MR) is 85.2 cm³/mol. The smallest absolute Gasteiger partial charge is 0.478 e. The maximum absolute atomic E-state index is 12.2. The Morgan fingerprint density at radius 2 is 1.92 bits per heavy atom. The van der Waals surface area contributed by atoms with Gasteiger partial charge in [-0.25, -0.2) is 4.79 Å². The van der Waals surface area contributed by atoms with Crippen molar-refractivity contribution in [3.63, 3.8) is 0 Å². The molecule has 0 spiro atoms. The van der Waals surface area contributed by atoms with Crippen LogP contribution in [0.1, 0.15) is 43.0 Å². The third-order valence-electron chi connectivity index (χ3n) is 4.17. The van der Waals surface area contributed by atoms with Crippen molar-refractivity contribution in [3.05, 3.63) is 63.7 Å². The van der Waals surface area contributed by atoms with Crippen molar-refractivity contribution in [2.24, 2.45) is 0 Å². The first-order chi connectivity index (χ1) is 12.2. The molecule has 1 aliphatic heterocycles. The summed E-state index contributed by atoms with van der Waals surface area (Å²) in [7, 11) is 0. The Morgan fingerprint density at radius 1 is 1.27 bits per heavy atom. The van der Waals surface area contributed by atoms with Crippen LogP contribution in [0.15, 0.2) is 30.3 Å². The molecule has 3 rings (SSSR count). The van der Waals surface area contributed by atoms with E-state index in [1.54, 1.807) is 6.92 Å². The molecule has 26 heavy (non-hydrogen) atoms. The number of amides is 1. The van der Waals surface area contributed by atoms with E-state index < -0.39 is 12.3 Å². The zero-order valence-corrected chi connectivity index (χ0v) is 13.6. The molecular weight excluding hydrogens is 351 g/mol. The van der Waals surface area contributed by atoms with Crippen LogP contribution in [0.2, 0.25) is 0 Å². The Kier molecular flexibility index (Phi) is 4.35. The number of rotatable bonds is 4. The van der Waals surface area contributed by atoms with E-state index in [0.717, 1.165) is 0 Å². The number of carbonyl (C=O) groups excluding carboxylic acids is 1. The molecule has 0 aliphatic carbocycles. The van der Waals surface area contributed by atoms with Gasteiger partial charge in [-0.3, -0.25) is 4.79 Å². The van der Waals surface area contributed by atoms with Crippen LogP contribution in [-0.4, -0.2) is 23.3 Å². The fourth-order valence-corrected chi connectivity index (χ4v) is 3.10. The number of carboxylic acid groups (broad SMARTS) is 1. The number of benzene rings is 2. The van der Waals surface area contributed by atoms with Crippen LogP contribution in [-0.2, 0) is 13.0 Å². The lowest BCUT2D eigenvalue weighted by molar-refractivity contribution is -0.274. The van der Waals surface area contributed by atoms with Gasteiger partial charge >= 0.3 is 12.3 Å². The number of aryl methyl sites for hydroxylation is 1. The number of hydrogen-bond donors (Lipinski definition) is 2. The van der Waals surface area contributed by atoms with Gasteiger partial charge in [0.15, 0.2) is 0 Å². The minimum atomic E-state index is -4.78. The Bertz CT molecular complexity index is 889. The topological polar surface area (TPSA) is 75.6 Å². The largest absolute Gasteiger partial charge is 0.573 e. The molecule has 0 radical (unpaired) electrons. The third kappa shape index (κ3) is 3.49. The molecule has 2 aromatic rings. The van der Waals surface area contributed by atoms with Crippen LogP contribution in [0.25, 0.3) is 0 Å². The Hall–Kier alpha value is -3.03. The highest BCUT2D eigenvalue weighted by Gasteiger charge is 2.31. The minimum absolute atomic E-state index is 0.0772. The van der Waals surface area contributed by atoms with Gasteiger partial charge in [-0.05, 0) is 53.8 Å². The van der Waals surface area contributed by atoms with Crippen molar-refractivity contribution in [1.29, 1.82) is 0 Å². The molecule has 5 nitrogen and oxygen atoms in total. The van der Waals surface area contributed by atoms with E-state index in [2.05, 4.69) is 10.1 Å². The lowest BCUT2D eigenvalue weighted by Crippen LogP contribution is -2.17. The first kappa shape index (κ1) is 17.8. The minimum Gasteiger partial charge on any atom is -0.478 e. The zero-order valence-electron chi connectivity index (χ0n) is 13.6. The first-order valence-electron chi connectivity index (χ1n) is 7.67. The standard InChI is InChI=1S/C18H14F3NO4/c1-9-6-13(17(24)25)12(14-8-22-16(23)15(9)14)7-10-2-4-11(5-3-10)26-18(19,20)21/h2-6H,7-8H2,1H3,(H,22,23)(H,24,25). The maximum atomic E-state index is 12.2. The van der Waals surface area contributed by atoms with Crippen molar-refractivity contribution >= 4 is 11.9 Å². The first-order valence-corrected chi connectivity index (χ1v) is 7.67. The predicted octanol–water partition coefficient (Wildman–Crippen LogP) is 3.43. The molecule has 0 saturated heterocycles. The highest BCUT2D eigenvalue weighted by atomic mass is 19.4. The molecule has 0 bridgehead atoms. The van der Waals surface area contributed by atoms with Crippen LogP contribution in [0.3, 0.4) is 0 Å². The number of carbonyl (C=O) groups is 2. The van der Waals surface area contributed by atoms with Crippen molar-refractivity contribution in [3.8, 4) is 5.75 Å². The van der Waals surface area contributed by atoms with Gasteiger partial charge in [0, 0.05) is 12.1 Å². The van der Waals surface area contributed by atoms with Crippen molar-refractivity contribution < 1.29 is 32.6 Å². The lowest BCUT2D eigenvalue weighted by atomic mass is 9.89. The summed E-state index contributed by atoms with van der Waals surface area (Å²) < 4.78 is 40.5. The number of fused-ring (bicyclic) bond motifs is 1. The lowest BCUT2D eigenvalue weighted by Gasteiger charge is -2.14. The number of alkyl halides is 3. The van der Waals surface area contributed by atoms with E-state index >= 15 is 0 Å². The van der Waals surface area contributed by atoms with E-state index in [0.29, 0.717) is 27.8 Å². The summed E-state index contributed by atoms with van der Waals surface area (Å²) in [5, 5.41) is 12.2. The van der Waals surface area contributed by atoms with E-state index in [1.165, 1.54) is 30.3 Å². The van der Waals surface area contributed by atoms with Crippen LogP contribution in [0.5, 0.6) is 5.75 Å². The van der Waals surface area contributed by atoms with Gasteiger partial charge in [0.05, 0.1) is 5.56 Å². The molecule has 2 aromatic carbocycles. The molecule has 1 aliphatic rings. The molecule has 1 amide bonds. The Balaban J connectivity index is 1.97. The molecule has 0 fully saturated rings. The number of hydrogen-bond acceptors (Lipinski definition) is 3. The fourth-order valence-electron chi connectivity index (χ4n) is 3.10. The number of halogens is 3. The summed E-state index contributed by atoms with van der Waals surface area (Å²) in [5.41, 5.74) is 2.80. The van der Waals surface area contributed by atoms with Crippen LogP contribution in [0.4, 0.5) is 13.2 Å². The Morgan fingerprint density at radius 3 is 2.50 bits per heavy atom. The van der Waals surface area contributed by atoms with E-state index in [1.807, 2.05) is 0 Å². The van der Waals surface area contributed by atoms with Crippen molar-refractivity contribution in [2.75, 3.05) is 0 Å². The number of nitrogens with one attached hydrogen (secondary N) is 1. The van der Waals surface area contributed by atoms with Crippen LogP contribution >= 0.6 is 0 Å². The maximum Gasteiger partial charge on any atom is 0.573 e. The summed E-state index contributed by atoms with van der Waals surface area (Å²) in [4.78, 5) is 23.6. The van der Waals surface area contributed by atoms with Gasteiger partial charge < -0.3 is 15.2 Å². The molecule has 1 heterocycles. The number of carboxylic acids is 1. The fraction of sp³-hybridized carbons (Fsp3) is 0.222. The van der Waals surface area contributed by atoms with Gasteiger partial charge in [-0.1, -0.05) is 12.1 Å². The number of ether oxygens (including phenoxy) is 1. The average molecular weight is 365 g/mol.